The van der Waals surface area contributed by atoms with E-state index in [2.05, 4.69) is 10.1 Å². The molecule has 2 fully saturated rings. The summed E-state index contributed by atoms with van der Waals surface area (Å²) in [5.41, 5.74) is 0. The molecule has 1 saturated heterocycles. The number of ether oxygens (including phenoxy) is 1. The van der Waals surface area contributed by atoms with E-state index in [0.717, 1.165) is 25.8 Å². The molecule has 2 amide bonds. The lowest BCUT2D eigenvalue weighted by molar-refractivity contribution is -0.138. The van der Waals surface area contributed by atoms with Crippen LogP contribution in [0.15, 0.2) is 6.33 Å². The second-order valence-electron chi connectivity index (χ2n) is 6.94. The first kappa shape index (κ1) is 16.9. The van der Waals surface area contributed by atoms with Crippen molar-refractivity contribution in [1.82, 2.24) is 24.6 Å². The van der Waals surface area contributed by atoms with Crippen LogP contribution in [-0.2, 0) is 16.6 Å². The summed E-state index contributed by atoms with van der Waals surface area (Å²) >= 11 is 0. The van der Waals surface area contributed by atoms with E-state index in [9.17, 15) is 9.59 Å². The molecule has 1 aliphatic carbocycles. The van der Waals surface area contributed by atoms with Crippen molar-refractivity contribution >= 4 is 11.8 Å². The summed E-state index contributed by atoms with van der Waals surface area (Å²) in [6.07, 6.45) is 4.71. The van der Waals surface area contributed by atoms with Gasteiger partial charge in [-0.05, 0) is 18.8 Å². The number of carbonyl (C=O) groups excluding carboxylic acids is 2. The van der Waals surface area contributed by atoms with Gasteiger partial charge in [-0.1, -0.05) is 6.42 Å². The number of aryl methyl sites for hydroxylation is 1. The van der Waals surface area contributed by atoms with Crippen molar-refractivity contribution in [2.75, 3.05) is 33.8 Å². The van der Waals surface area contributed by atoms with Gasteiger partial charge in [0.1, 0.15) is 12.9 Å². The van der Waals surface area contributed by atoms with Gasteiger partial charge in [0.25, 0.3) is 5.91 Å². The van der Waals surface area contributed by atoms with Gasteiger partial charge < -0.3 is 14.5 Å². The third-order valence-electron chi connectivity index (χ3n) is 5.03. The van der Waals surface area contributed by atoms with Gasteiger partial charge in [-0.2, -0.15) is 0 Å². The predicted octanol–water partition coefficient (Wildman–Crippen LogP) is 0.161. The number of aromatic nitrogens is 3. The van der Waals surface area contributed by atoms with Crippen LogP contribution >= 0.6 is 0 Å². The molecule has 1 aliphatic heterocycles. The third-order valence-corrected chi connectivity index (χ3v) is 5.03. The number of fused-ring (bicyclic) bond motifs is 1. The molecule has 8 nitrogen and oxygen atoms in total. The van der Waals surface area contributed by atoms with E-state index in [1.165, 1.54) is 15.9 Å². The lowest BCUT2D eigenvalue weighted by Crippen LogP contribution is -2.37. The van der Waals surface area contributed by atoms with E-state index in [-0.39, 0.29) is 30.3 Å². The second kappa shape index (κ2) is 6.88. The Labute approximate surface area is 141 Å². The SMILES string of the molecule is CN(C)C(=O)CO[C@H]1CCC[C@@H]2CN(C(=O)c3ncn(C)n3)C[C@@H]21. The molecular weight excluding hydrogens is 310 g/mol. The van der Waals surface area contributed by atoms with Crippen molar-refractivity contribution < 1.29 is 14.3 Å². The monoisotopic (exact) mass is 335 g/mol. The molecule has 1 aromatic heterocycles. The number of hydrogen-bond donors (Lipinski definition) is 0. The van der Waals surface area contributed by atoms with Crippen LogP contribution in [-0.4, -0.2) is 76.3 Å². The molecule has 1 saturated carbocycles. The Morgan fingerprint density at radius 1 is 1.33 bits per heavy atom. The van der Waals surface area contributed by atoms with E-state index in [1.807, 2.05) is 4.90 Å². The summed E-state index contributed by atoms with van der Waals surface area (Å²) in [5.74, 6) is 0.831. The Bertz CT molecular complexity index is 615. The minimum atomic E-state index is -0.117. The molecule has 0 bridgehead atoms. The zero-order valence-corrected chi connectivity index (χ0v) is 14.5. The first-order chi connectivity index (χ1) is 11.5. The normalized spacial score (nSPS) is 26.3. The number of rotatable bonds is 4. The Kier molecular flexibility index (Phi) is 4.84. The summed E-state index contributed by atoms with van der Waals surface area (Å²) in [7, 11) is 5.20. The highest BCUT2D eigenvalue weighted by Crippen LogP contribution is 2.38. The van der Waals surface area contributed by atoms with Gasteiger partial charge in [-0.25, -0.2) is 4.98 Å². The van der Waals surface area contributed by atoms with Crippen LogP contribution in [0.1, 0.15) is 29.9 Å². The first-order valence-corrected chi connectivity index (χ1v) is 8.42. The van der Waals surface area contributed by atoms with E-state index < -0.39 is 0 Å². The standard InChI is InChI=1S/C16H25N5O3/c1-19(2)14(22)9-24-13-6-4-5-11-7-21(8-12(11)13)16(23)15-17-10-20(3)18-15/h10-13H,4-9H2,1-3H3/t11-,12+,13+/m1/s1. The number of hydrogen-bond acceptors (Lipinski definition) is 5. The van der Waals surface area contributed by atoms with Crippen molar-refractivity contribution in [1.29, 1.82) is 0 Å². The highest BCUT2D eigenvalue weighted by Gasteiger charge is 2.43. The second-order valence-corrected chi connectivity index (χ2v) is 6.94. The molecule has 8 heteroatoms. The van der Waals surface area contributed by atoms with Gasteiger partial charge in [0.05, 0.1) is 6.10 Å². The topological polar surface area (TPSA) is 80.6 Å². The summed E-state index contributed by atoms with van der Waals surface area (Å²) in [6.45, 7) is 1.49. The van der Waals surface area contributed by atoms with Crippen LogP contribution in [0.5, 0.6) is 0 Å². The summed E-state index contributed by atoms with van der Waals surface area (Å²) < 4.78 is 7.43. The fraction of sp³-hybridized carbons (Fsp3) is 0.750. The Hall–Kier alpha value is -1.96. The number of nitrogens with zero attached hydrogens (tertiary/aromatic N) is 5. The van der Waals surface area contributed by atoms with Crippen LogP contribution in [0, 0.1) is 11.8 Å². The smallest absolute Gasteiger partial charge is 0.293 e. The number of carbonyl (C=O) groups is 2. The van der Waals surface area contributed by atoms with Crippen LogP contribution in [0.3, 0.4) is 0 Å². The zero-order chi connectivity index (χ0) is 17.3. The van der Waals surface area contributed by atoms with Crippen molar-refractivity contribution in [2.45, 2.75) is 25.4 Å². The van der Waals surface area contributed by atoms with Crippen LogP contribution in [0.25, 0.3) is 0 Å². The van der Waals surface area contributed by atoms with E-state index in [1.54, 1.807) is 21.1 Å². The van der Waals surface area contributed by atoms with Gasteiger partial charge >= 0.3 is 0 Å². The van der Waals surface area contributed by atoms with Crippen LogP contribution in [0.2, 0.25) is 0 Å². The van der Waals surface area contributed by atoms with Crippen molar-refractivity contribution in [3.05, 3.63) is 12.2 Å². The molecular formula is C16H25N5O3. The summed E-state index contributed by atoms with van der Waals surface area (Å²) in [5, 5.41) is 4.10. The number of amides is 2. The van der Waals surface area contributed by atoms with E-state index in [0.29, 0.717) is 18.4 Å². The molecule has 3 atom stereocenters. The van der Waals surface area contributed by atoms with Crippen molar-refractivity contribution in [3.8, 4) is 0 Å². The highest BCUT2D eigenvalue weighted by atomic mass is 16.5. The highest BCUT2D eigenvalue weighted by molar-refractivity contribution is 5.90. The van der Waals surface area contributed by atoms with Crippen molar-refractivity contribution in [3.63, 3.8) is 0 Å². The predicted molar refractivity (Wildman–Crippen MR) is 86.2 cm³/mol. The molecule has 1 aromatic rings. The largest absolute Gasteiger partial charge is 0.368 e. The molecule has 2 aliphatic rings. The molecule has 0 aromatic carbocycles. The minimum Gasteiger partial charge on any atom is -0.368 e. The Morgan fingerprint density at radius 2 is 2.12 bits per heavy atom. The minimum absolute atomic E-state index is 0.0271. The maximum Gasteiger partial charge on any atom is 0.293 e. The molecule has 0 spiro atoms. The fourth-order valence-corrected chi connectivity index (χ4v) is 3.68. The Morgan fingerprint density at radius 3 is 2.79 bits per heavy atom. The molecule has 0 radical (unpaired) electrons. The Balaban J connectivity index is 1.62. The molecule has 0 N–H and O–H groups in total. The van der Waals surface area contributed by atoms with E-state index in [4.69, 9.17) is 4.74 Å². The molecule has 24 heavy (non-hydrogen) atoms. The summed E-state index contributed by atoms with van der Waals surface area (Å²) in [6, 6.07) is 0. The maximum atomic E-state index is 12.6. The molecule has 3 rings (SSSR count). The molecule has 132 valence electrons. The van der Waals surface area contributed by atoms with Gasteiger partial charge in [-0.3, -0.25) is 14.3 Å². The average Bonchev–Trinajstić information content (AvgIpc) is 3.17. The van der Waals surface area contributed by atoms with Gasteiger partial charge in [0, 0.05) is 40.2 Å². The zero-order valence-electron chi connectivity index (χ0n) is 14.5. The third kappa shape index (κ3) is 3.43. The van der Waals surface area contributed by atoms with Gasteiger partial charge in [0.2, 0.25) is 11.7 Å². The van der Waals surface area contributed by atoms with Crippen LogP contribution < -0.4 is 0 Å². The number of likely N-dealkylation sites (tertiary alicyclic amines) is 1. The lowest BCUT2D eigenvalue weighted by Gasteiger charge is -2.32. The van der Waals surface area contributed by atoms with Gasteiger partial charge in [-0.15, -0.1) is 5.10 Å². The first-order valence-electron chi connectivity index (χ1n) is 8.42. The fourth-order valence-electron chi connectivity index (χ4n) is 3.68. The quantitative estimate of drug-likeness (QED) is 0.783. The average molecular weight is 335 g/mol. The number of likely N-dealkylation sites (N-methyl/N-ethyl adjacent to an activating group) is 1. The molecule has 0 unspecified atom stereocenters. The van der Waals surface area contributed by atoms with Crippen LogP contribution in [0.4, 0.5) is 0 Å². The summed E-state index contributed by atoms with van der Waals surface area (Å²) in [4.78, 5) is 31.7. The van der Waals surface area contributed by atoms with E-state index >= 15 is 0 Å². The van der Waals surface area contributed by atoms with Gasteiger partial charge in [0.15, 0.2) is 0 Å². The molecule has 2 heterocycles. The van der Waals surface area contributed by atoms with Crippen molar-refractivity contribution in [2.24, 2.45) is 18.9 Å². The maximum absolute atomic E-state index is 12.6. The lowest BCUT2D eigenvalue weighted by atomic mass is 9.79.